The lowest BCUT2D eigenvalue weighted by Gasteiger charge is -2.23. The number of anilines is 1. The second-order valence-electron chi connectivity index (χ2n) is 6.34. The first-order chi connectivity index (χ1) is 11.9. The van der Waals surface area contributed by atoms with Crippen LogP contribution in [0.15, 0.2) is 40.6 Å². The van der Waals surface area contributed by atoms with E-state index in [1.807, 2.05) is 17.5 Å². The van der Waals surface area contributed by atoms with Crippen molar-refractivity contribution in [3.63, 3.8) is 0 Å². The van der Waals surface area contributed by atoms with Crippen LogP contribution in [-0.4, -0.2) is 31.2 Å². The van der Waals surface area contributed by atoms with Crippen molar-refractivity contribution >= 4 is 33.0 Å². The number of benzene rings is 1. The molecule has 1 heterocycles. The first kappa shape index (κ1) is 18.1. The maximum Gasteiger partial charge on any atom is 0.243 e. The molecule has 1 aliphatic carbocycles. The summed E-state index contributed by atoms with van der Waals surface area (Å²) < 4.78 is 28.0. The van der Waals surface area contributed by atoms with Crippen molar-refractivity contribution in [2.45, 2.75) is 44.0 Å². The number of thiophene rings is 1. The Bertz CT molecular complexity index is 856. The lowest BCUT2D eigenvalue weighted by molar-refractivity contribution is -0.114. The van der Waals surface area contributed by atoms with Crippen LogP contribution in [0.25, 0.3) is 0 Å². The molecule has 1 aliphatic rings. The first-order valence-corrected chi connectivity index (χ1v) is 10.6. The van der Waals surface area contributed by atoms with Gasteiger partial charge < -0.3 is 5.32 Å². The van der Waals surface area contributed by atoms with Gasteiger partial charge in [0.25, 0.3) is 0 Å². The Kier molecular flexibility index (Phi) is 5.27. The van der Waals surface area contributed by atoms with E-state index < -0.39 is 10.0 Å². The molecule has 0 unspecified atom stereocenters. The summed E-state index contributed by atoms with van der Waals surface area (Å²) in [5, 5.41) is 4.70. The molecule has 1 aromatic carbocycles. The third kappa shape index (κ3) is 4.29. The number of hydrogen-bond acceptors (Lipinski definition) is 4. The number of hydrogen-bond donors (Lipinski definition) is 1. The highest BCUT2D eigenvalue weighted by molar-refractivity contribution is 7.89. The number of amides is 1. The minimum absolute atomic E-state index is 0.111. The lowest BCUT2D eigenvalue weighted by Crippen LogP contribution is -2.35. The minimum atomic E-state index is -3.54. The third-order valence-electron chi connectivity index (χ3n) is 4.19. The van der Waals surface area contributed by atoms with E-state index in [4.69, 9.17) is 0 Å². The molecular weight excluding hydrogens is 356 g/mol. The van der Waals surface area contributed by atoms with Crippen LogP contribution in [0, 0.1) is 6.92 Å². The molecule has 0 saturated heterocycles. The Hall–Kier alpha value is -1.70. The van der Waals surface area contributed by atoms with Crippen molar-refractivity contribution in [3.8, 4) is 0 Å². The molecular formula is C18H22N2O3S2. The van der Waals surface area contributed by atoms with Crippen LogP contribution in [0.4, 0.5) is 5.69 Å². The fourth-order valence-corrected chi connectivity index (χ4v) is 5.47. The van der Waals surface area contributed by atoms with Crippen LogP contribution in [0.3, 0.4) is 0 Å². The molecule has 1 amide bonds. The molecule has 1 aromatic heterocycles. The SMILES string of the molecule is CC(=O)Nc1ccc(S(=O)(=O)N(CCc2cccs2)C2CC2)c(C)c1. The summed E-state index contributed by atoms with van der Waals surface area (Å²) in [7, 11) is -3.54. The molecule has 25 heavy (non-hydrogen) atoms. The van der Waals surface area contributed by atoms with Crippen molar-refractivity contribution in [3.05, 3.63) is 46.2 Å². The van der Waals surface area contributed by atoms with E-state index in [-0.39, 0.29) is 11.9 Å². The van der Waals surface area contributed by atoms with E-state index in [2.05, 4.69) is 5.32 Å². The highest BCUT2D eigenvalue weighted by Gasteiger charge is 2.38. The number of rotatable bonds is 7. The van der Waals surface area contributed by atoms with Gasteiger partial charge in [-0.15, -0.1) is 11.3 Å². The van der Waals surface area contributed by atoms with E-state index in [1.54, 1.807) is 40.8 Å². The number of aryl methyl sites for hydroxylation is 1. The first-order valence-electron chi connectivity index (χ1n) is 8.30. The van der Waals surface area contributed by atoms with Crippen LogP contribution < -0.4 is 5.32 Å². The summed E-state index contributed by atoms with van der Waals surface area (Å²) in [5.41, 5.74) is 1.26. The lowest BCUT2D eigenvalue weighted by atomic mass is 10.2. The molecule has 5 nitrogen and oxygen atoms in total. The molecule has 0 radical (unpaired) electrons. The maximum atomic E-state index is 13.2. The molecule has 7 heteroatoms. The van der Waals surface area contributed by atoms with Crippen molar-refractivity contribution in [1.82, 2.24) is 4.31 Å². The quantitative estimate of drug-likeness (QED) is 0.803. The third-order valence-corrected chi connectivity index (χ3v) is 7.24. The van der Waals surface area contributed by atoms with Crippen LogP contribution in [-0.2, 0) is 21.2 Å². The zero-order valence-corrected chi connectivity index (χ0v) is 16.0. The minimum Gasteiger partial charge on any atom is -0.326 e. The molecule has 0 bridgehead atoms. The Morgan fingerprint density at radius 1 is 1.32 bits per heavy atom. The van der Waals surface area contributed by atoms with Crippen LogP contribution in [0.2, 0.25) is 0 Å². The van der Waals surface area contributed by atoms with Gasteiger partial charge in [-0.3, -0.25) is 4.79 Å². The maximum absolute atomic E-state index is 13.2. The summed E-state index contributed by atoms with van der Waals surface area (Å²) in [6, 6.07) is 9.08. The van der Waals surface area contributed by atoms with Crippen molar-refractivity contribution in [1.29, 1.82) is 0 Å². The fourth-order valence-electron chi connectivity index (χ4n) is 2.88. The molecule has 1 fully saturated rings. The second kappa shape index (κ2) is 7.27. The second-order valence-corrected chi connectivity index (χ2v) is 9.23. The number of carbonyl (C=O) groups is 1. The Balaban J connectivity index is 1.83. The van der Waals surface area contributed by atoms with Crippen molar-refractivity contribution in [2.24, 2.45) is 0 Å². The molecule has 2 aromatic rings. The molecule has 134 valence electrons. The highest BCUT2D eigenvalue weighted by Crippen LogP contribution is 2.34. The molecule has 0 atom stereocenters. The molecule has 3 rings (SSSR count). The van der Waals surface area contributed by atoms with Crippen LogP contribution >= 0.6 is 11.3 Å². The average Bonchev–Trinajstić information content (AvgIpc) is 3.21. The molecule has 0 spiro atoms. The topological polar surface area (TPSA) is 66.5 Å². The van der Waals surface area contributed by atoms with Gasteiger partial charge in [-0.2, -0.15) is 4.31 Å². The Morgan fingerprint density at radius 3 is 2.64 bits per heavy atom. The van der Waals surface area contributed by atoms with Crippen LogP contribution in [0.5, 0.6) is 0 Å². The zero-order chi connectivity index (χ0) is 18.0. The van der Waals surface area contributed by atoms with Gasteiger partial charge in [-0.1, -0.05) is 6.07 Å². The van der Waals surface area contributed by atoms with E-state index in [9.17, 15) is 13.2 Å². The number of nitrogens with zero attached hydrogens (tertiary/aromatic N) is 1. The largest absolute Gasteiger partial charge is 0.326 e. The van der Waals surface area contributed by atoms with Crippen molar-refractivity contribution < 1.29 is 13.2 Å². The highest BCUT2D eigenvalue weighted by atomic mass is 32.2. The summed E-state index contributed by atoms with van der Waals surface area (Å²) in [4.78, 5) is 12.7. The molecule has 0 aliphatic heterocycles. The zero-order valence-electron chi connectivity index (χ0n) is 14.4. The standard InChI is InChI=1S/C18H22N2O3S2/c1-13-12-15(19-14(2)21)5-8-18(13)25(22,23)20(16-6-7-16)10-9-17-4-3-11-24-17/h3-5,8,11-12,16H,6-7,9-10H2,1-2H3,(H,19,21). The number of carbonyl (C=O) groups excluding carboxylic acids is 1. The predicted octanol–water partition coefficient (Wildman–Crippen LogP) is 3.41. The van der Waals surface area contributed by atoms with Gasteiger partial charge in [0.05, 0.1) is 4.90 Å². The van der Waals surface area contributed by atoms with E-state index in [1.165, 1.54) is 11.8 Å². The number of nitrogens with one attached hydrogen (secondary N) is 1. The Morgan fingerprint density at radius 2 is 2.08 bits per heavy atom. The summed E-state index contributed by atoms with van der Waals surface area (Å²) in [6.45, 7) is 3.70. The monoisotopic (exact) mass is 378 g/mol. The van der Waals surface area contributed by atoms with Crippen LogP contribution in [0.1, 0.15) is 30.2 Å². The smallest absolute Gasteiger partial charge is 0.243 e. The normalized spacial score (nSPS) is 14.7. The number of sulfonamides is 1. The van der Waals surface area contributed by atoms with Gasteiger partial charge in [0, 0.05) is 30.1 Å². The summed E-state index contributed by atoms with van der Waals surface area (Å²) in [5.74, 6) is -0.175. The van der Waals surface area contributed by atoms with Crippen molar-refractivity contribution in [2.75, 3.05) is 11.9 Å². The van der Waals surface area contributed by atoms with Gasteiger partial charge in [-0.25, -0.2) is 8.42 Å². The van der Waals surface area contributed by atoms with Gasteiger partial charge >= 0.3 is 0 Å². The van der Waals surface area contributed by atoms with E-state index in [0.29, 0.717) is 22.7 Å². The van der Waals surface area contributed by atoms with Gasteiger partial charge in [0.2, 0.25) is 15.9 Å². The molecule has 1 N–H and O–H groups in total. The Labute approximate surface area is 152 Å². The van der Waals surface area contributed by atoms with E-state index in [0.717, 1.165) is 19.3 Å². The summed E-state index contributed by atoms with van der Waals surface area (Å²) in [6.07, 6.45) is 2.58. The average molecular weight is 379 g/mol. The van der Waals surface area contributed by atoms with Gasteiger partial charge in [0.15, 0.2) is 0 Å². The summed E-state index contributed by atoms with van der Waals surface area (Å²) >= 11 is 1.65. The fraction of sp³-hybridized carbons (Fsp3) is 0.389. The van der Waals surface area contributed by atoms with E-state index >= 15 is 0 Å². The van der Waals surface area contributed by atoms with Gasteiger partial charge in [0.1, 0.15) is 0 Å². The van der Waals surface area contributed by atoms with Gasteiger partial charge in [-0.05, 0) is 61.4 Å². The molecule has 1 saturated carbocycles. The predicted molar refractivity (Wildman–Crippen MR) is 100 cm³/mol.